The molecule has 2 aliphatic heterocycles. The zero-order chi connectivity index (χ0) is 14.7. The summed E-state index contributed by atoms with van der Waals surface area (Å²) in [7, 11) is 1.37. The van der Waals surface area contributed by atoms with E-state index >= 15 is 0 Å². The number of piperidine rings is 1. The number of likely N-dealkylation sites (tertiary alicyclic amines) is 1. The Balaban J connectivity index is 0.00000176. The average molecular weight is 329 g/mol. The fraction of sp³-hybridized carbons (Fsp3) is 0.688. The molecule has 0 aromatic carbocycles. The maximum Gasteiger partial charge on any atom is 0.373 e. The van der Waals surface area contributed by atoms with Crippen molar-refractivity contribution in [2.45, 2.75) is 38.3 Å². The molecule has 2 aliphatic rings. The van der Waals surface area contributed by atoms with Crippen LogP contribution in [-0.2, 0) is 11.3 Å². The highest BCUT2D eigenvalue weighted by Crippen LogP contribution is 2.26. The lowest BCUT2D eigenvalue weighted by Gasteiger charge is -2.34. The maximum absolute atomic E-state index is 11.4. The van der Waals surface area contributed by atoms with E-state index in [-0.39, 0.29) is 18.2 Å². The summed E-state index contributed by atoms with van der Waals surface area (Å²) in [4.78, 5) is 13.8. The molecule has 2 fully saturated rings. The highest BCUT2D eigenvalue weighted by molar-refractivity contribution is 5.86. The number of esters is 1. The van der Waals surface area contributed by atoms with Crippen LogP contribution in [0.4, 0.5) is 0 Å². The van der Waals surface area contributed by atoms with Crippen molar-refractivity contribution >= 4 is 18.4 Å². The van der Waals surface area contributed by atoms with Gasteiger partial charge in [-0.2, -0.15) is 0 Å². The van der Waals surface area contributed by atoms with Gasteiger partial charge in [0.15, 0.2) is 0 Å². The Labute approximate surface area is 137 Å². The Morgan fingerprint density at radius 2 is 2.14 bits per heavy atom. The number of nitrogens with one attached hydrogen (secondary N) is 1. The van der Waals surface area contributed by atoms with Crippen LogP contribution in [0.15, 0.2) is 16.5 Å². The summed E-state index contributed by atoms with van der Waals surface area (Å²) in [6.45, 7) is 4.18. The molecule has 1 N–H and O–H groups in total. The average Bonchev–Trinajstić information content (AvgIpc) is 3.18. The molecule has 0 spiro atoms. The molecule has 0 bridgehead atoms. The summed E-state index contributed by atoms with van der Waals surface area (Å²) in [6.07, 6.45) is 5.17. The second-order valence-corrected chi connectivity index (χ2v) is 6.07. The van der Waals surface area contributed by atoms with Crippen LogP contribution in [0.3, 0.4) is 0 Å². The number of carbonyl (C=O) groups excluding carboxylic acids is 1. The van der Waals surface area contributed by atoms with Crippen molar-refractivity contribution in [1.29, 1.82) is 0 Å². The number of nitrogens with zero attached hydrogens (tertiary/aromatic N) is 1. The SMILES string of the molecule is COC(=O)c1ccc(CN2CCC(C3CCCN3)CC2)o1.Cl. The van der Waals surface area contributed by atoms with Crippen LogP contribution in [0.1, 0.15) is 42.0 Å². The third kappa shape index (κ3) is 4.03. The van der Waals surface area contributed by atoms with Crippen molar-refractivity contribution in [1.82, 2.24) is 10.2 Å². The summed E-state index contributed by atoms with van der Waals surface area (Å²) in [5.41, 5.74) is 0. The normalized spacial score (nSPS) is 23.2. The Kier molecular flexibility index (Phi) is 6.29. The summed E-state index contributed by atoms with van der Waals surface area (Å²) in [5, 5.41) is 3.62. The molecule has 3 rings (SSSR count). The van der Waals surface area contributed by atoms with Crippen molar-refractivity contribution in [3.63, 3.8) is 0 Å². The van der Waals surface area contributed by atoms with E-state index in [1.165, 1.54) is 39.3 Å². The lowest BCUT2D eigenvalue weighted by Crippen LogP contribution is -2.40. The predicted molar refractivity (Wildman–Crippen MR) is 86.3 cm³/mol. The number of ether oxygens (including phenoxy) is 1. The molecule has 1 unspecified atom stereocenters. The van der Waals surface area contributed by atoms with Crippen LogP contribution in [0.2, 0.25) is 0 Å². The molecule has 0 radical (unpaired) electrons. The highest BCUT2D eigenvalue weighted by Gasteiger charge is 2.28. The van der Waals surface area contributed by atoms with Crippen LogP contribution >= 0.6 is 12.4 Å². The minimum Gasteiger partial charge on any atom is -0.463 e. The van der Waals surface area contributed by atoms with Gasteiger partial charge >= 0.3 is 5.97 Å². The van der Waals surface area contributed by atoms with Crippen molar-refractivity contribution in [3.05, 3.63) is 23.7 Å². The zero-order valence-electron chi connectivity index (χ0n) is 13.0. The van der Waals surface area contributed by atoms with Crippen LogP contribution in [0, 0.1) is 5.92 Å². The molecule has 0 aliphatic carbocycles. The second kappa shape index (κ2) is 7.99. The van der Waals surface area contributed by atoms with Gasteiger partial charge in [0.2, 0.25) is 5.76 Å². The van der Waals surface area contributed by atoms with E-state index in [0.29, 0.717) is 0 Å². The van der Waals surface area contributed by atoms with Gasteiger partial charge in [0.1, 0.15) is 5.76 Å². The molecule has 124 valence electrons. The number of halogens is 1. The van der Waals surface area contributed by atoms with Gasteiger partial charge in [-0.1, -0.05) is 0 Å². The fourth-order valence-electron chi connectivity index (χ4n) is 3.52. The number of hydrogen-bond acceptors (Lipinski definition) is 5. The number of methoxy groups -OCH3 is 1. The van der Waals surface area contributed by atoms with Crippen molar-refractivity contribution < 1.29 is 13.9 Å². The van der Waals surface area contributed by atoms with Gasteiger partial charge in [-0.05, 0) is 63.4 Å². The minimum atomic E-state index is -0.410. The topological polar surface area (TPSA) is 54.7 Å². The zero-order valence-corrected chi connectivity index (χ0v) is 13.9. The van der Waals surface area contributed by atoms with E-state index in [1.807, 2.05) is 6.07 Å². The monoisotopic (exact) mass is 328 g/mol. The molecule has 22 heavy (non-hydrogen) atoms. The molecule has 2 saturated heterocycles. The molecule has 6 heteroatoms. The molecule has 0 saturated carbocycles. The van der Waals surface area contributed by atoms with Gasteiger partial charge in [-0.3, -0.25) is 4.90 Å². The summed E-state index contributed by atoms with van der Waals surface area (Å²) < 4.78 is 10.2. The van der Waals surface area contributed by atoms with Crippen LogP contribution in [-0.4, -0.2) is 43.7 Å². The van der Waals surface area contributed by atoms with Gasteiger partial charge < -0.3 is 14.5 Å². The number of carbonyl (C=O) groups is 1. The third-order valence-electron chi connectivity index (χ3n) is 4.73. The first-order valence-electron chi connectivity index (χ1n) is 7.89. The Hall–Kier alpha value is -1.04. The van der Waals surface area contributed by atoms with E-state index in [0.717, 1.165) is 37.4 Å². The molecule has 0 amide bonds. The van der Waals surface area contributed by atoms with Crippen molar-refractivity contribution in [3.8, 4) is 0 Å². The van der Waals surface area contributed by atoms with E-state index in [4.69, 9.17) is 4.42 Å². The lowest BCUT2D eigenvalue weighted by atomic mass is 9.88. The Morgan fingerprint density at radius 3 is 2.77 bits per heavy atom. The smallest absolute Gasteiger partial charge is 0.373 e. The van der Waals surface area contributed by atoms with Gasteiger partial charge in [0.05, 0.1) is 13.7 Å². The molecule has 1 aromatic heterocycles. The van der Waals surface area contributed by atoms with E-state index in [1.54, 1.807) is 6.07 Å². The first kappa shape index (κ1) is 17.3. The van der Waals surface area contributed by atoms with Crippen LogP contribution in [0.25, 0.3) is 0 Å². The first-order valence-corrected chi connectivity index (χ1v) is 7.89. The molecule has 1 aromatic rings. The third-order valence-corrected chi connectivity index (χ3v) is 4.73. The molecular formula is C16H25ClN2O3. The quantitative estimate of drug-likeness (QED) is 0.860. The number of hydrogen-bond donors (Lipinski definition) is 1. The fourth-order valence-corrected chi connectivity index (χ4v) is 3.52. The van der Waals surface area contributed by atoms with Crippen molar-refractivity contribution in [2.24, 2.45) is 5.92 Å². The van der Waals surface area contributed by atoms with E-state index in [2.05, 4.69) is 15.0 Å². The second-order valence-electron chi connectivity index (χ2n) is 6.07. The van der Waals surface area contributed by atoms with Gasteiger partial charge in [0.25, 0.3) is 0 Å². The Bertz CT molecular complexity index is 477. The summed E-state index contributed by atoms with van der Waals surface area (Å²) in [5.74, 6) is 1.55. The molecule has 1 atom stereocenters. The Morgan fingerprint density at radius 1 is 1.36 bits per heavy atom. The lowest BCUT2D eigenvalue weighted by molar-refractivity contribution is 0.0560. The van der Waals surface area contributed by atoms with Crippen molar-refractivity contribution in [2.75, 3.05) is 26.7 Å². The number of furan rings is 1. The van der Waals surface area contributed by atoms with Crippen LogP contribution < -0.4 is 5.32 Å². The molecule has 3 heterocycles. The van der Waals surface area contributed by atoms with E-state index in [9.17, 15) is 4.79 Å². The van der Waals surface area contributed by atoms with Gasteiger partial charge in [-0.15, -0.1) is 12.4 Å². The number of rotatable bonds is 4. The van der Waals surface area contributed by atoms with Gasteiger partial charge in [0, 0.05) is 6.04 Å². The summed E-state index contributed by atoms with van der Waals surface area (Å²) in [6, 6.07) is 4.30. The molecular weight excluding hydrogens is 304 g/mol. The van der Waals surface area contributed by atoms with Crippen LogP contribution in [0.5, 0.6) is 0 Å². The standard InChI is InChI=1S/C16H24N2O3.ClH/c1-20-16(19)15-5-4-13(21-15)11-18-9-6-12(7-10-18)14-3-2-8-17-14;/h4-5,12,14,17H,2-3,6-11H2,1H3;1H. The highest BCUT2D eigenvalue weighted by atomic mass is 35.5. The minimum absolute atomic E-state index is 0. The maximum atomic E-state index is 11.4. The first-order chi connectivity index (χ1) is 10.3. The summed E-state index contributed by atoms with van der Waals surface area (Å²) >= 11 is 0. The largest absolute Gasteiger partial charge is 0.463 e. The predicted octanol–water partition coefficient (Wildman–Crippen LogP) is 2.45. The van der Waals surface area contributed by atoms with Gasteiger partial charge in [-0.25, -0.2) is 4.79 Å². The molecule has 5 nitrogen and oxygen atoms in total. The van der Waals surface area contributed by atoms with E-state index < -0.39 is 5.97 Å².